The molecule has 6 N–H and O–H groups in total. The van der Waals surface area contributed by atoms with Crippen LogP contribution in [0.15, 0.2) is 36.5 Å². The van der Waals surface area contributed by atoms with Crippen molar-refractivity contribution in [3.63, 3.8) is 0 Å². The number of rotatable bonds is 5. The Morgan fingerprint density at radius 1 is 1.12 bits per heavy atom. The number of amides is 2. The van der Waals surface area contributed by atoms with Crippen LogP contribution in [0.3, 0.4) is 0 Å². The fraction of sp³-hybridized carbons (Fsp3) is 0.176. The van der Waals surface area contributed by atoms with Crippen LogP contribution in [-0.2, 0) is 9.59 Å². The molecule has 2 aromatic heterocycles. The molecule has 0 bridgehead atoms. The lowest BCUT2D eigenvalue weighted by atomic mass is 9.96. The number of hydrogen-bond acceptors (Lipinski definition) is 5. The lowest BCUT2D eigenvalue weighted by Crippen LogP contribution is -2.24. The van der Waals surface area contributed by atoms with E-state index in [9.17, 15) is 9.59 Å². The first-order valence-electron chi connectivity index (χ1n) is 7.49. The monoisotopic (exact) mass is 323 g/mol. The van der Waals surface area contributed by atoms with E-state index < -0.39 is 17.7 Å². The smallest absolute Gasteiger partial charge is 0.226 e. The van der Waals surface area contributed by atoms with Crippen molar-refractivity contribution >= 4 is 39.3 Å². The number of carbonyl (C=O) groups is 2. The molecule has 0 saturated carbocycles. The second kappa shape index (κ2) is 6.11. The minimum atomic E-state index is -0.693. The maximum atomic E-state index is 11.8. The number of pyridine rings is 2. The number of aromatic nitrogens is 2. The summed E-state index contributed by atoms with van der Waals surface area (Å²) in [5, 5.41) is 1.61. The predicted molar refractivity (Wildman–Crippen MR) is 91.8 cm³/mol. The lowest BCUT2D eigenvalue weighted by Gasteiger charge is -2.14. The SMILES string of the molecule is NC(=O)CCC(C(N)=O)c1ccc2c(N)cc3cccnc3c2n1. The van der Waals surface area contributed by atoms with Gasteiger partial charge in [-0.2, -0.15) is 0 Å². The Morgan fingerprint density at radius 2 is 1.92 bits per heavy atom. The van der Waals surface area contributed by atoms with Crippen LogP contribution >= 0.6 is 0 Å². The zero-order chi connectivity index (χ0) is 17.3. The molecule has 1 aromatic carbocycles. The van der Waals surface area contributed by atoms with Crippen LogP contribution in [0.2, 0.25) is 0 Å². The molecule has 0 spiro atoms. The van der Waals surface area contributed by atoms with Crippen LogP contribution < -0.4 is 17.2 Å². The molecule has 2 amide bonds. The van der Waals surface area contributed by atoms with E-state index in [-0.39, 0.29) is 12.8 Å². The maximum Gasteiger partial charge on any atom is 0.226 e. The van der Waals surface area contributed by atoms with E-state index in [0.29, 0.717) is 22.4 Å². The molecule has 2 heterocycles. The maximum absolute atomic E-state index is 11.8. The molecule has 122 valence electrons. The summed E-state index contributed by atoms with van der Waals surface area (Å²) in [6.45, 7) is 0. The molecule has 1 unspecified atom stereocenters. The molecule has 7 heteroatoms. The number of anilines is 1. The molecular formula is C17H17N5O2. The van der Waals surface area contributed by atoms with Gasteiger partial charge in [0.1, 0.15) is 0 Å². The zero-order valence-corrected chi connectivity index (χ0v) is 12.9. The summed E-state index contributed by atoms with van der Waals surface area (Å²) >= 11 is 0. The standard InChI is InChI=1S/C17H17N5O2/c18-12-8-9-2-1-7-21-15(9)16-10(12)3-5-13(22-16)11(17(20)24)4-6-14(19)23/h1-3,5,7-8,11H,4,6,18H2,(H2,19,23)(H2,20,24). The molecule has 0 radical (unpaired) electrons. The second-order valence-electron chi connectivity index (χ2n) is 5.63. The highest BCUT2D eigenvalue weighted by Gasteiger charge is 2.21. The summed E-state index contributed by atoms with van der Waals surface area (Å²) < 4.78 is 0. The van der Waals surface area contributed by atoms with E-state index in [1.165, 1.54) is 0 Å². The van der Waals surface area contributed by atoms with Crippen LogP contribution in [0.4, 0.5) is 5.69 Å². The van der Waals surface area contributed by atoms with Crippen LogP contribution in [0.5, 0.6) is 0 Å². The lowest BCUT2D eigenvalue weighted by molar-refractivity contribution is -0.120. The zero-order valence-electron chi connectivity index (χ0n) is 12.9. The highest BCUT2D eigenvalue weighted by molar-refractivity contribution is 6.08. The summed E-state index contributed by atoms with van der Waals surface area (Å²) in [7, 11) is 0. The summed E-state index contributed by atoms with van der Waals surface area (Å²) in [4.78, 5) is 31.7. The molecule has 0 aliphatic rings. The van der Waals surface area contributed by atoms with E-state index in [1.54, 1.807) is 18.3 Å². The van der Waals surface area contributed by atoms with Crippen molar-refractivity contribution in [2.45, 2.75) is 18.8 Å². The minimum Gasteiger partial charge on any atom is -0.398 e. The molecule has 0 fully saturated rings. The molecule has 1 atom stereocenters. The van der Waals surface area contributed by atoms with Crippen LogP contribution in [0.1, 0.15) is 24.5 Å². The van der Waals surface area contributed by atoms with Crippen LogP contribution in [-0.4, -0.2) is 21.8 Å². The van der Waals surface area contributed by atoms with Gasteiger partial charge in [-0.05, 0) is 30.7 Å². The second-order valence-corrected chi connectivity index (χ2v) is 5.63. The van der Waals surface area contributed by atoms with Crippen LogP contribution in [0.25, 0.3) is 21.8 Å². The van der Waals surface area contributed by atoms with E-state index in [2.05, 4.69) is 9.97 Å². The van der Waals surface area contributed by atoms with Gasteiger partial charge in [-0.1, -0.05) is 6.07 Å². The highest BCUT2D eigenvalue weighted by atomic mass is 16.1. The first kappa shape index (κ1) is 15.7. The number of carbonyl (C=O) groups excluding carboxylic acids is 2. The van der Waals surface area contributed by atoms with E-state index in [4.69, 9.17) is 17.2 Å². The van der Waals surface area contributed by atoms with Crippen molar-refractivity contribution in [2.24, 2.45) is 11.5 Å². The Labute approximate surface area is 137 Å². The minimum absolute atomic E-state index is 0.0588. The average molecular weight is 323 g/mol. The normalized spacial score (nSPS) is 12.3. The number of hydrogen-bond donors (Lipinski definition) is 3. The molecule has 0 aliphatic carbocycles. The summed E-state index contributed by atoms with van der Waals surface area (Å²) in [6.07, 6.45) is 1.95. The number of nitrogen functional groups attached to an aromatic ring is 1. The Morgan fingerprint density at radius 3 is 2.62 bits per heavy atom. The fourth-order valence-electron chi connectivity index (χ4n) is 2.78. The number of nitrogens with zero attached hydrogens (tertiary/aromatic N) is 2. The van der Waals surface area contributed by atoms with Gasteiger partial charge >= 0.3 is 0 Å². The van der Waals surface area contributed by atoms with Crippen molar-refractivity contribution < 1.29 is 9.59 Å². The number of nitrogens with two attached hydrogens (primary N) is 3. The van der Waals surface area contributed by atoms with E-state index in [1.807, 2.05) is 18.2 Å². The predicted octanol–water partition coefficient (Wildman–Crippen LogP) is 1.20. The van der Waals surface area contributed by atoms with Crippen molar-refractivity contribution in [1.82, 2.24) is 9.97 Å². The van der Waals surface area contributed by atoms with E-state index in [0.717, 1.165) is 10.8 Å². The Balaban J connectivity index is 2.17. The van der Waals surface area contributed by atoms with Gasteiger partial charge in [0.15, 0.2) is 0 Å². The van der Waals surface area contributed by atoms with Crippen LogP contribution in [0, 0.1) is 0 Å². The Hall–Kier alpha value is -3.22. The summed E-state index contributed by atoms with van der Waals surface area (Å²) in [5.74, 6) is -1.73. The summed E-state index contributed by atoms with van der Waals surface area (Å²) in [5.41, 5.74) is 19.1. The average Bonchev–Trinajstić information content (AvgIpc) is 2.54. The van der Waals surface area contributed by atoms with Gasteiger partial charge in [0.25, 0.3) is 0 Å². The summed E-state index contributed by atoms with van der Waals surface area (Å²) in [6, 6.07) is 9.04. The third-order valence-electron chi connectivity index (χ3n) is 3.98. The van der Waals surface area contributed by atoms with Gasteiger partial charge < -0.3 is 17.2 Å². The number of benzene rings is 1. The molecule has 7 nitrogen and oxygen atoms in total. The van der Waals surface area contributed by atoms with Crippen molar-refractivity contribution in [2.75, 3.05) is 5.73 Å². The molecular weight excluding hydrogens is 306 g/mol. The van der Waals surface area contributed by atoms with Gasteiger partial charge in [0, 0.05) is 29.1 Å². The highest BCUT2D eigenvalue weighted by Crippen LogP contribution is 2.30. The first-order valence-corrected chi connectivity index (χ1v) is 7.49. The van der Waals surface area contributed by atoms with Crippen molar-refractivity contribution in [1.29, 1.82) is 0 Å². The molecule has 3 rings (SSSR count). The van der Waals surface area contributed by atoms with Gasteiger partial charge in [-0.25, -0.2) is 4.98 Å². The topological polar surface area (TPSA) is 138 Å². The van der Waals surface area contributed by atoms with Gasteiger partial charge in [0.2, 0.25) is 11.8 Å². The largest absolute Gasteiger partial charge is 0.398 e. The molecule has 24 heavy (non-hydrogen) atoms. The van der Waals surface area contributed by atoms with Gasteiger partial charge in [0.05, 0.1) is 22.6 Å². The molecule has 3 aromatic rings. The third-order valence-corrected chi connectivity index (χ3v) is 3.98. The number of primary amides is 2. The molecule has 0 aliphatic heterocycles. The Bertz CT molecular complexity index is 954. The molecule has 0 saturated heterocycles. The number of fused-ring (bicyclic) bond motifs is 3. The van der Waals surface area contributed by atoms with Gasteiger partial charge in [-0.15, -0.1) is 0 Å². The Kier molecular flexibility index (Phi) is 3.99. The fourth-order valence-corrected chi connectivity index (χ4v) is 2.78. The van der Waals surface area contributed by atoms with E-state index >= 15 is 0 Å². The van der Waals surface area contributed by atoms with Crippen molar-refractivity contribution in [3.8, 4) is 0 Å². The van der Waals surface area contributed by atoms with Crippen molar-refractivity contribution in [3.05, 3.63) is 42.2 Å². The third kappa shape index (κ3) is 2.83. The van der Waals surface area contributed by atoms with Gasteiger partial charge in [-0.3, -0.25) is 14.6 Å². The quantitative estimate of drug-likeness (QED) is 0.478. The first-order chi connectivity index (χ1) is 11.5.